The Bertz CT molecular complexity index is 1260. The van der Waals surface area contributed by atoms with Crippen molar-refractivity contribution in [3.63, 3.8) is 0 Å². The molecule has 0 aliphatic rings. The first-order chi connectivity index (χ1) is 28.6. The normalized spacial score (nSPS) is 14.6. The zero-order valence-electron chi connectivity index (χ0n) is 38.2. The molecule has 2 unspecified atom stereocenters. The number of nitrogens with zero attached hydrogens (tertiary/aromatic N) is 1. The molecule has 0 spiro atoms. The highest BCUT2D eigenvalue weighted by molar-refractivity contribution is 7.45. The molecule has 0 radical (unpaired) electrons. The van der Waals surface area contributed by atoms with Gasteiger partial charge in [0.25, 0.3) is 7.82 Å². The average molecular weight is 844 g/mol. The van der Waals surface area contributed by atoms with Gasteiger partial charge in [0.05, 0.1) is 34.4 Å². The second-order valence-electron chi connectivity index (χ2n) is 16.0. The molecule has 0 aromatic carbocycles. The van der Waals surface area contributed by atoms with Crippen molar-refractivity contribution < 1.29 is 37.3 Å². The number of rotatable bonds is 41. The predicted octanol–water partition coefficient (Wildman–Crippen LogP) is 13.2. The van der Waals surface area contributed by atoms with Gasteiger partial charge in [0.1, 0.15) is 19.3 Å². The monoisotopic (exact) mass is 844 g/mol. The van der Waals surface area contributed by atoms with Crippen LogP contribution in [-0.4, -0.2) is 70.7 Å². The number of esters is 1. The smallest absolute Gasteiger partial charge is 0.306 e. The molecule has 0 aromatic rings. The zero-order valence-corrected chi connectivity index (χ0v) is 39.1. The first-order valence-corrected chi connectivity index (χ1v) is 24.4. The molecule has 59 heavy (non-hydrogen) atoms. The lowest BCUT2D eigenvalue weighted by atomic mass is 10.1. The summed E-state index contributed by atoms with van der Waals surface area (Å²) < 4.78 is 34.6. The van der Waals surface area contributed by atoms with E-state index in [0.717, 1.165) is 89.9 Å². The Morgan fingerprint density at radius 2 is 0.932 bits per heavy atom. The van der Waals surface area contributed by atoms with Crippen LogP contribution in [0.4, 0.5) is 0 Å². The van der Waals surface area contributed by atoms with Crippen molar-refractivity contribution in [1.29, 1.82) is 0 Å². The topological polar surface area (TPSA) is 94.1 Å². The number of phosphoric ester groups is 1. The second kappa shape index (κ2) is 42.1. The summed E-state index contributed by atoms with van der Waals surface area (Å²) in [6.07, 6.45) is 57.2. The van der Waals surface area contributed by atoms with Crippen LogP contribution in [0.25, 0.3) is 0 Å². The molecule has 0 aliphatic heterocycles. The number of carbonyl (C=O) groups is 1. The van der Waals surface area contributed by atoms with Crippen molar-refractivity contribution >= 4 is 13.8 Å². The van der Waals surface area contributed by atoms with Gasteiger partial charge in [-0.15, -0.1) is 0 Å². The van der Waals surface area contributed by atoms with Crippen LogP contribution in [0.2, 0.25) is 0 Å². The van der Waals surface area contributed by atoms with Crippen LogP contribution in [0.15, 0.2) is 97.2 Å². The molecule has 2 atom stereocenters. The highest BCUT2D eigenvalue weighted by atomic mass is 31.2. The van der Waals surface area contributed by atoms with Crippen molar-refractivity contribution in [2.75, 3.05) is 54.1 Å². The van der Waals surface area contributed by atoms with E-state index < -0.39 is 13.9 Å². The quantitative estimate of drug-likeness (QED) is 0.0199. The lowest BCUT2D eigenvalue weighted by Gasteiger charge is -2.28. The molecule has 338 valence electrons. The van der Waals surface area contributed by atoms with Gasteiger partial charge in [-0.1, -0.05) is 156 Å². The van der Waals surface area contributed by atoms with Crippen LogP contribution in [0.1, 0.15) is 155 Å². The Kier molecular flexibility index (Phi) is 40.3. The SMILES string of the molecule is CC/C=C\C/C=C\C/C=C\C/C=C\CCCCCCCCCCCOCC(COP(=O)([O-])OCC[N+](C)(C)C)OC(=O)CCCC/C=C\C/C=C\C/C=C\C/C=C\CC. The van der Waals surface area contributed by atoms with E-state index in [1.165, 1.54) is 38.5 Å². The standard InChI is InChI=1S/C50H86NO7P/c1-6-8-10-12-14-16-18-20-22-23-24-25-26-27-28-30-32-34-36-38-40-42-45-55-47-49(48-57-59(53,54)56-46-44-51(3,4)5)58-50(52)43-41-39-37-35-33-31-29-21-19-17-15-13-11-9-7-2/h8-11,14-17,20-22,24-25,29,33,35,49H,6-7,12-13,18-19,23,26-28,30-32,34,36-48H2,1-5H3/b10-8-,11-9-,16-14-,17-15-,22-20-,25-24-,29-21-,35-33-. The summed E-state index contributed by atoms with van der Waals surface area (Å²) in [5.74, 6) is -0.381. The van der Waals surface area contributed by atoms with E-state index >= 15 is 0 Å². The van der Waals surface area contributed by atoms with Gasteiger partial charge in [-0.05, 0) is 89.9 Å². The molecular formula is C50H86NO7P. The van der Waals surface area contributed by atoms with Gasteiger partial charge in [-0.3, -0.25) is 9.36 Å². The summed E-state index contributed by atoms with van der Waals surface area (Å²) in [6.45, 7) is 5.08. The molecule has 0 bridgehead atoms. The van der Waals surface area contributed by atoms with E-state index in [-0.39, 0.29) is 32.2 Å². The number of unbranched alkanes of at least 4 members (excludes halogenated alkanes) is 11. The summed E-state index contributed by atoms with van der Waals surface area (Å²) in [6, 6.07) is 0. The van der Waals surface area contributed by atoms with Crippen molar-refractivity contribution in [1.82, 2.24) is 0 Å². The number of quaternary nitrogens is 1. The van der Waals surface area contributed by atoms with Crippen molar-refractivity contribution in [3.8, 4) is 0 Å². The largest absolute Gasteiger partial charge is 0.756 e. The number of hydrogen-bond donors (Lipinski definition) is 0. The number of allylic oxidation sites excluding steroid dienone is 16. The molecule has 8 nitrogen and oxygen atoms in total. The molecular weight excluding hydrogens is 758 g/mol. The minimum atomic E-state index is -4.55. The molecule has 0 rings (SSSR count). The fourth-order valence-corrected chi connectivity index (χ4v) is 6.37. The molecule has 9 heteroatoms. The molecule has 0 N–H and O–H groups in total. The summed E-state index contributed by atoms with van der Waals surface area (Å²) in [5.41, 5.74) is 0. The number of likely N-dealkylation sites (N-methyl/N-ethyl adjacent to an activating group) is 1. The van der Waals surface area contributed by atoms with Crippen LogP contribution in [0.5, 0.6) is 0 Å². The van der Waals surface area contributed by atoms with Crippen molar-refractivity contribution in [2.45, 2.75) is 161 Å². The third-order valence-electron chi connectivity index (χ3n) is 9.13. The van der Waals surface area contributed by atoms with E-state index in [0.29, 0.717) is 24.1 Å². The Morgan fingerprint density at radius 1 is 0.525 bits per heavy atom. The second-order valence-corrected chi connectivity index (χ2v) is 17.4. The molecule has 0 saturated carbocycles. The van der Waals surface area contributed by atoms with Gasteiger partial charge >= 0.3 is 5.97 Å². The maximum Gasteiger partial charge on any atom is 0.306 e. The molecule has 0 aromatic heterocycles. The minimum Gasteiger partial charge on any atom is -0.756 e. The number of phosphoric acid groups is 1. The van der Waals surface area contributed by atoms with Crippen molar-refractivity contribution in [3.05, 3.63) is 97.2 Å². The molecule has 0 heterocycles. The van der Waals surface area contributed by atoms with E-state index in [4.69, 9.17) is 18.5 Å². The first kappa shape index (κ1) is 56.4. The third-order valence-corrected chi connectivity index (χ3v) is 10.1. The van der Waals surface area contributed by atoms with Gasteiger partial charge < -0.3 is 27.9 Å². The van der Waals surface area contributed by atoms with Crippen LogP contribution >= 0.6 is 7.82 Å². The Hall–Kier alpha value is -2.58. The van der Waals surface area contributed by atoms with Gasteiger partial charge in [-0.25, -0.2) is 0 Å². The van der Waals surface area contributed by atoms with Crippen LogP contribution in [-0.2, 0) is 27.9 Å². The van der Waals surface area contributed by atoms with E-state index in [9.17, 15) is 14.3 Å². The highest BCUT2D eigenvalue weighted by Gasteiger charge is 2.20. The van der Waals surface area contributed by atoms with Crippen molar-refractivity contribution in [2.24, 2.45) is 0 Å². The Morgan fingerprint density at radius 3 is 1.39 bits per heavy atom. The highest BCUT2D eigenvalue weighted by Crippen LogP contribution is 2.38. The molecule has 0 fully saturated rings. The molecule has 0 saturated heterocycles. The number of carbonyl (C=O) groups excluding carboxylic acids is 1. The van der Waals surface area contributed by atoms with Gasteiger partial charge in [0, 0.05) is 13.0 Å². The number of ether oxygens (including phenoxy) is 2. The summed E-state index contributed by atoms with van der Waals surface area (Å²) in [5, 5.41) is 0. The molecule has 0 amide bonds. The van der Waals surface area contributed by atoms with Gasteiger partial charge in [0.2, 0.25) is 0 Å². The zero-order chi connectivity index (χ0) is 43.4. The summed E-state index contributed by atoms with van der Waals surface area (Å²) in [4.78, 5) is 25.1. The van der Waals surface area contributed by atoms with Gasteiger partial charge in [0.15, 0.2) is 0 Å². The van der Waals surface area contributed by atoms with E-state index in [1.54, 1.807) is 0 Å². The van der Waals surface area contributed by atoms with E-state index in [2.05, 4.69) is 111 Å². The maximum atomic E-state index is 12.7. The van der Waals surface area contributed by atoms with Gasteiger partial charge in [-0.2, -0.15) is 0 Å². The average Bonchev–Trinajstić information content (AvgIpc) is 3.19. The maximum absolute atomic E-state index is 12.7. The molecule has 0 aliphatic carbocycles. The van der Waals surface area contributed by atoms with Crippen LogP contribution in [0.3, 0.4) is 0 Å². The lowest BCUT2D eigenvalue weighted by Crippen LogP contribution is -2.37. The van der Waals surface area contributed by atoms with Crippen LogP contribution < -0.4 is 4.89 Å². The third kappa shape index (κ3) is 46.3. The Labute approximate surface area is 362 Å². The fourth-order valence-electron chi connectivity index (χ4n) is 5.64. The lowest BCUT2D eigenvalue weighted by molar-refractivity contribution is -0.870. The predicted molar refractivity (Wildman–Crippen MR) is 249 cm³/mol. The summed E-state index contributed by atoms with van der Waals surface area (Å²) >= 11 is 0. The number of hydrogen-bond acceptors (Lipinski definition) is 7. The minimum absolute atomic E-state index is 0.0111. The van der Waals surface area contributed by atoms with Crippen LogP contribution in [0, 0.1) is 0 Å². The fraction of sp³-hybridized carbons (Fsp3) is 0.660. The summed E-state index contributed by atoms with van der Waals surface area (Å²) in [7, 11) is 1.31. The Balaban J connectivity index is 4.27. The van der Waals surface area contributed by atoms with E-state index in [1.807, 2.05) is 21.1 Å². The first-order valence-electron chi connectivity index (χ1n) is 23.0.